The Morgan fingerprint density at radius 2 is 2.00 bits per heavy atom. The van der Waals surface area contributed by atoms with Gasteiger partial charge in [0.1, 0.15) is 0 Å². The number of alkyl halides is 2. The molecule has 0 aliphatic rings. The van der Waals surface area contributed by atoms with Gasteiger partial charge in [0.2, 0.25) is 0 Å². The van der Waals surface area contributed by atoms with Gasteiger partial charge < -0.3 is 0 Å². The third-order valence-corrected chi connectivity index (χ3v) is 2.26. The second kappa shape index (κ2) is 4.42. The van der Waals surface area contributed by atoms with Crippen LogP contribution in [0, 0.1) is 0 Å². The molecule has 70 valence electrons. The molecule has 0 heterocycles. The van der Waals surface area contributed by atoms with Crippen LogP contribution < -0.4 is 0 Å². The fourth-order valence-electron chi connectivity index (χ4n) is 1.19. The van der Waals surface area contributed by atoms with Gasteiger partial charge in [-0.25, -0.2) is 8.78 Å². The lowest BCUT2D eigenvalue weighted by Crippen LogP contribution is -2.10. The van der Waals surface area contributed by atoms with Crippen molar-refractivity contribution in [1.82, 2.24) is 0 Å². The molecule has 0 spiro atoms. The molecule has 0 amide bonds. The molecular formula is C10H10F2S. The monoisotopic (exact) mass is 200 g/mol. The van der Waals surface area contributed by atoms with E-state index in [0.29, 0.717) is 5.56 Å². The Morgan fingerprint density at radius 1 is 1.38 bits per heavy atom. The summed E-state index contributed by atoms with van der Waals surface area (Å²) in [6.45, 7) is 1.92. The number of aryl methyl sites for hydroxylation is 1. The topological polar surface area (TPSA) is 0 Å². The van der Waals surface area contributed by atoms with Gasteiger partial charge in [-0.2, -0.15) is 0 Å². The molecule has 1 rings (SSSR count). The Balaban J connectivity index is 3.06. The van der Waals surface area contributed by atoms with Crippen LogP contribution in [0.5, 0.6) is 0 Å². The van der Waals surface area contributed by atoms with E-state index in [2.05, 4.69) is 12.2 Å². The zero-order chi connectivity index (χ0) is 9.84. The molecule has 0 atom stereocenters. The molecule has 1 aromatic carbocycles. The minimum Gasteiger partial charge on any atom is -0.204 e. The van der Waals surface area contributed by atoms with E-state index in [1.165, 1.54) is 0 Å². The van der Waals surface area contributed by atoms with E-state index in [1.807, 2.05) is 19.1 Å². The van der Waals surface area contributed by atoms with Crippen LogP contribution in [0.4, 0.5) is 8.78 Å². The highest BCUT2D eigenvalue weighted by Crippen LogP contribution is 2.14. The molecule has 0 radical (unpaired) electrons. The van der Waals surface area contributed by atoms with E-state index < -0.39 is 6.43 Å². The van der Waals surface area contributed by atoms with Crippen molar-refractivity contribution in [3.05, 3.63) is 35.4 Å². The molecule has 0 unspecified atom stereocenters. The Labute approximate surface area is 81.6 Å². The van der Waals surface area contributed by atoms with Crippen molar-refractivity contribution < 1.29 is 8.78 Å². The van der Waals surface area contributed by atoms with Gasteiger partial charge in [-0.3, -0.25) is 0 Å². The third kappa shape index (κ3) is 2.31. The van der Waals surface area contributed by atoms with Gasteiger partial charge in [-0.1, -0.05) is 43.4 Å². The van der Waals surface area contributed by atoms with E-state index in [9.17, 15) is 8.78 Å². The Kier molecular flexibility index (Phi) is 3.48. The predicted octanol–water partition coefficient (Wildman–Crippen LogP) is 3.23. The highest BCUT2D eigenvalue weighted by Gasteiger charge is 2.14. The first kappa shape index (κ1) is 10.3. The molecule has 0 nitrogen and oxygen atoms in total. The number of hydrogen-bond acceptors (Lipinski definition) is 1. The second-order valence-electron chi connectivity index (χ2n) is 2.68. The van der Waals surface area contributed by atoms with Crippen LogP contribution in [0.1, 0.15) is 18.1 Å². The summed E-state index contributed by atoms with van der Waals surface area (Å²) >= 11 is 4.65. The summed E-state index contributed by atoms with van der Waals surface area (Å²) in [7, 11) is 0. The predicted molar refractivity (Wildman–Crippen MR) is 53.5 cm³/mol. The van der Waals surface area contributed by atoms with Gasteiger partial charge in [-0.15, -0.1) is 0 Å². The quantitative estimate of drug-likeness (QED) is 0.533. The smallest absolute Gasteiger partial charge is 0.204 e. The van der Waals surface area contributed by atoms with E-state index in [4.69, 9.17) is 0 Å². The van der Waals surface area contributed by atoms with Crippen molar-refractivity contribution in [3.63, 3.8) is 0 Å². The lowest BCUT2D eigenvalue weighted by molar-refractivity contribution is 0.229. The van der Waals surface area contributed by atoms with Gasteiger partial charge in [0.25, 0.3) is 6.43 Å². The Bertz CT molecular complexity index is 308. The van der Waals surface area contributed by atoms with Crippen molar-refractivity contribution >= 4 is 17.1 Å². The molecule has 13 heavy (non-hydrogen) atoms. The van der Waals surface area contributed by atoms with E-state index in [0.717, 1.165) is 12.0 Å². The van der Waals surface area contributed by atoms with Crippen LogP contribution in [0.2, 0.25) is 0 Å². The zero-order valence-corrected chi connectivity index (χ0v) is 8.07. The second-order valence-corrected chi connectivity index (χ2v) is 3.12. The van der Waals surface area contributed by atoms with Crippen molar-refractivity contribution in [2.24, 2.45) is 0 Å². The first-order valence-corrected chi connectivity index (χ1v) is 4.48. The molecular weight excluding hydrogens is 190 g/mol. The summed E-state index contributed by atoms with van der Waals surface area (Å²) in [4.78, 5) is -0.252. The van der Waals surface area contributed by atoms with Crippen LogP contribution in [-0.2, 0) is 6.42 Å². The van der Waals surface area contributed by atoms with Gasteiger partial charge in [0.05, 0.1) is 4.86 Å². The molecule has 0 saturated carbocycles. The van der Waals surface area contributed by atoms with Gasteiger partial charge in [-0.05, 0) is 17.5 Å². The molecule has 0 aliphatic carbocycles. The SMILES string of the molecule is CCc1ccccc1C(=S)C(F)F. The van der Waals surface area contributed by atoms with Gasteiger partial charge in [0, 0.05) is 0 Å². The van der Waals surface area contributed by atoms with Crippen LogP contribution >= 0.6 is 12.2 Å². The maximum Gasteiger partial charge on any atom is 0.274 e. The maximum absolute atomic E-state index is 12.3. The number of halogens is 2. The summed E-state index contributed by atoms with van der Waals surface area (Å²) in [6, 6.07) is 7.02. The first-order chi connectivity index (χ1) is 6.16. The Hall–Kier alpha value is -0.830. The third-order valence-electron chi connectivity index (χ3n) is 1.86. The summed E-state index contributed by atoms with van der Waals surface area (Å²) in [5, 5.41) is 0. The fourth-order valence-corrected chi connectivity index (χ4v) is 1.39. The van der Waals surface area contributed by atoms with E-state index >= 15 is 0 Å². The Morgan fingerprint density at radius 3 is 2.54 bits per heavy atom. The summed E-state index contributed by atoms with van der Waals surface area (Å²) in [5.41, 5.74) is 1.39. The van der Waals surface area contributed by atoms with Crippen molar-refractivity contribution in [3.8, 4) is 0 Å². The minimum atomic E-state index is -2.54. The molecule has 0 N–H and O–H groups in total. The number of rotatable bonds is 3. The summed E-state index contributed by atoms with van der Waals surface area (Å²) in [5.74, 6) is 0. The molecule has 3 heteroatoms. The minimum absolute atomic E-state index is 0.252. The highest BCUT2D eigenvalue weighted by molar-refractivity contribution is 7.81. The fraction of sp³-hybridized carbons (Fsp3) is 0.300. The van der Waals surface area contributed by atoms with Crippen LogP contribution in [0.25, 0.3) is 0 Å². The molecule has 0 bridgehead atoms. The van der Waals surface area contributed by atoms with Crippen LogP contribution in [0.15, 0.2) is 24.3 Å². The first-order valence-electron chi connectivity index (χ1n) is 4.07. The van der Waals surface area contributed by atoms with Crippen molar-refractivity contribution in [1.29, 1.82) is 0 Å². The van der Waals surface area contributed by atoms with Crippen molar-refractivity contribution in [2.45, 2.75) is 19.8 Å². The maximum atomic E-state index is 12.3. The number of hydrogen-bond donors (Lipinski definition) is 0. The molecule has 0 fully saturated rings. The van der Waals surface area contributed by atoms with Crippen LogP contribution in [-0.4, -0.2) is 11.3 Å². The lowest BCUT2D eigenvalue weighted by Gasteiger charge is -2.07. The summed E-state index contributed by atoms with van der Waals surface area (Å²) in [6.07, 6.45) is -1.81. The van der Waals surface area contributed by atoms with Gasteiger partial charge >= 0.3 is 0 Å². The molecule has 0 aromatic heterocycles. The standard InChI is InChI=1S/C10H10F2S/c1-2-7-5-3-4-6-8(7)9(13)10(11)12/h3-6,10H,2H2,1H3. The molecule has 0 saturated heterocycles. The van der Waals surface area contributed by atoms with E-state index in [1.54, 1.807) is 12.1 Å². The average molecular weight is 200 g/mol. The van der Waals surface area contributed by atoms with Gasteiger partial charge in [0.15, 0.2) is 0 Å². The summed E-state index contributed by atoms with van der Waals surface area (Å²) < 4.78 is 24.6. The molecule has 1 aromatic rings. The largest absolute Gasteiger partial charge is 0.274 e. The number of benzene rings is 1. The van der Waals surface area contributed by atoms with Crippen molar-refractivity contribution in [2.75, 3.05) is 0 Å². The highest BCUT2D eigenvalue weighted by atomic mass is 32.1. The van der Waals surface area contributed by atoms with Crippen LogP contribution in [0.3, 0.4) is 0 Å². The van der Waals surface area contributed by atoms with E-state index in [-0.39, 0.29) is 4.86 Å². The number of thiocarbonyl (C=S) groups is 1. The average Bonchev–Trinajstić information content (AvgIpc) is 2.16. The normalized spacial score (nSPS) is 10.5. The zero-order valence-electron chi connectivity index (χ0n) is 7.26. The molecule has 0 aliphatic heterocycles. The lowest BCUT2D eigenvalue weighted by atomic mass is 10.0.